The van der Waals surface area contributed by atoms with E-state index in [1.807, 2.05) is 6.07 Å². The van der Waals surface area contributed by atoms with Crippen LogP contribution in [0.4, 0.5) is 19.0 Å². The monoisotopic (exact) mass is 438 g/mol. The molecule has 3 aliphatic heterocycles. The Balaban J connectivity index is 1.39. The second-order valence-electron chi connectivity index (χ2n) is 9.16. The van der Waals surface area contributed by atoms with Gasteiger partial charge in [0, 0.05) is 51.0 Å². The zero-order valence-electron chi connectivity index (χ0n) is 17.4. The highest BCUT2D eigenvalue weighted by atomic mass is 19.4. The zero-order chi connectivity index (χ0) is 21.6. The van der Waals surface area contributed by atoms with Crippen molar-refractivity contribution in [2.75, 3.05) is 44.2 Å². The van der Waals surface area contributed by atoms with Crippen LogP contribution in [0.25, 0.3) is 0 Å². The van der Waals surface area contributed by atoms with Crippen LogP contribution >= 0.6 is 0 Å². The standard InChI is InChI=1S/C21H29F3N6O/c22-21(23,24)12-30-17-9-13(1-2-15(17)19-16(20(30)31)11-27-28-19)14-3-4-26-18(10-14)29-7-5-25-6-8-29/h3-4,10,13,15-17,19,25,27-28H,1-2,5-9,11-12H2. The summed E-state index contributed by atoms with van der Waals surface area (Å²) in [7, 11) is 0. The lowest BCUT2D eigenvalue weighted by Gasteiger charge is -2.50. The summed E-state index contributed by atoms with van der Waals surface area (Å²) in [4.78, 5) is 20.9. The quantitative estimate of drug-likeness (QED) is 0.660. The maximum Gasteiger partial charge on any atom is 0.406 e. The molecule has 1 aromatic heterocycles. The van der Waals surface area contributed by atoms with Crippen molar-refractivity contribution < 1.29 is 18.0 Å². The lowest BCUT2D eigenvalue weighted by atomic mass is 9.67. The number of halogens is 3. The van der Waals surface area contributed by atoms with Crippen molar-refractivity contribution in [3.63, 3.8) is 0 Å². The molecule has 3 saturated heterocycles. The number of nitrogens with one attached hydrogen (secondary N) is 3. The van der Waals surface area contributed by atoms with Crippen LogP contribution in [-0.2, 0) is 4.79 Å². The van der Waals surface area contributed by atoms with E-state index in [0.29, 0.717) is 13.0 Å². The second kappa shape index (κ2) is 8.22. The third-order valence-electron chi connectivity index (χ3n) is 7.39. The van der Waals surface area contributed by atoms with Crippen LogP contribution in [0.2, 0.25) is 0 Å². The molecule has 1 amide bonds. The number of nitrogens with zero attached hydrogens (tertiary/aromatic N) is 3. The van der Waals surface area contributed by atoms with Gasteiger partial charge < -0.3 is 15.1 Å². The molecular weight excluding hydrogens is 409 g/mol. The number of hydrazine groups is 1. The molecule has 4 heterocycles. The Morgan fingerprint density at radius 2 is 2.00 bits per heavy atom. The highest BCUT2D eigenvalue weighted by molar-refractivity contribution is 5.82. The molecule has 0 aromatic carbocycles. The molecule has 4 fully saturated rings. The third kappa shape index (κ3) is 4.12. The van der Waals surface area contributed by atoms with Crippen molar-refractivity contribution in [1.29, 1.82) is 0 Å². The fourth-order valence-electron chi connectivity index (χ4n) is 5.93. The smallest absolute Gasteiger partial charge is 0.354 e. The maximum atomic E-state index is 13.4. The third-order valence-corrected chi connectivity index (χ3v) is 7.39. The topological polar surface area (TPSA) is 72.5 Å². The molecule has 5 atom stereocenters. The minimum absolute atomic E-state index is 0.0331. The van der Waals surface area contributed by atoms with E-state index in [4.69, 9.17) is 0 Å². The molecule has 0 spiro atoms. The van der Waals surface area contributed by atoms with Crippen LogP contribution in [-0.4, -0.2) is 73.3 Å². The summed E-state index contributed by atoms with van der Waals surface area (Å²) < 4.78 is 40.1. The van der Waals surface area contributed by atoms with E-state index < -0.39 is 24.7 Å². The van der Waals surface area contributed by atoms with Crippen molar-refractivity contribution in [1.82, 2.24) is 26.1 Å². The number of amides is 1. The summed E-state index contributed by atoms with van der Waals surface area (Å²) in [6.45, 7) is 2.84. The van der Waals surface area contributed by atoms with Crippen LogP contribution < -0.4 is 21.1 Å². The fourth-order valence-corrected chi connectivity index (χ4v) is 5.93. The number of alkyl halides is 3. The number of pyridine rings is 1. The van der Waals surface area contributed by atoms with Gasteiger partial charge in [-0.05, 0) is 48.8 Å². The first-order chi connectivity index (χ1) is 14.9. The largest absolute Gasteiger partial charge is 0.406 e. The van der Waals surface area contributed by atoms with Gasteiger partial charge in [0.1, 0.15) is 12.4 Å². The van der Waals surface area contributed by atoms with Crippen LogP contribution in [0.15, 0.2) is 18.3 Å². The average Bonchev–Trinajstić information content (AvgIpc) is 3.27. The minimum Gasteiger partial charge on any atom is -0.354 e. The number of rotatable bonds is 3. The van der Waals surface area contributed by atoms with E-state index in [1.54, 1.807) is 6.20 Å². The number of carbonyl (C=O) groups is 1. The summed E-state index contributed by atoms with van der Waals surface area (Å²) in [6, 6.07) is 3.58. The Labute approximate surface area is 179 Å². The van der Waals surface area contributed by atoms with Crippen molar-refractivity contribution in [2.24, 2.45) is 11.8 Å². The van der Waals surface area contributed by atoms with Gasteiger partial charge in [-0.1, -0.05) is 0 Å². The van der Waals surface area contributed by atoms with Gasteiger partial charge in [-0.25, -0.2) is 4.98 Å². The summed E-state index contributed by atoms with van der Waals surface area (Å²) in [6.07, 6.45) is -0.325. The maximum absolute atomic E-state index is 13.4. The molecule has 3 N–H and O–H groups in total. The van der Waals surface area contributed by atoms with Crippen LogP contribution in [0, 0.1) is 11.8 Å². The average molecular weight is 438 g/mol. The first-order valence-electron chi connectivity index (χ1n) is 11.2. The lowest BCUT2D eigenvalue weighted by molar-refractivity contribution is -0.178. The number of piperidine rings is 1. The first-order valence-corrected chi connectivity index (χ1v) is 11.2. The van der Waals surface area contributed by atoms with Gasteiger partial charge in [-0.3, -0.25) is 15.6 Å². The highest BCUT2D eigenvalue weighted by Crippen LogP contribution is 2.45. The van der Waals surface area contributed by atoms with Crippen LogP contribution in [0.3, 0.4) is 0 Å². The number of carbonyl (C=O) groups excluding carboxylic acids is 1. The Hall–Kier alpha value is -1.91. The van der Waals surface area contributed by atoms with Crippen molar-refractivity contribution in [3.05, 3.63) is 23.9 Å². The first kappa shape index (κ1) is 21.0. The molecule has 0 radical (unpaired) electrons. The number of aromatic nitrogens is 1. The molecular formula is C21H29F3N6O. The number of hydrogen-bond donors (Lipinski definition) is 3. The Morgan fingerprint density at radius 1 is 1.19 bits per heavy atom. The summed E-state index contributed by atoms with van der Waals surface area (Å²) in [5, 5.41) is 3.33. The summed E-state index contributed by atoms with van der Waals surface area (Å²) in [5.41, 5.74) is 7.29. The van der Waals surface area contributed by atoms with E-state index >= 15 is 0 Å². The fraction of sp³-hybridized carbons (Fsp3) is 0.714. The van der Waals surface area contributed by atoms with Gasteiger partial charge in [-0.2, -0.15) is 13.2 Å². The Bertz CT molecular complexity index is 815. The molecule has 5 unspecified atom stereocenters. The van der Waals surface area contributed by atoms with Crippen molar-refractivity contribution >= 4 is 11.7 Å². The van der Waals surface area contributed by atoms with Gasteiger partial charge in [0.25, 0.3) is 0 Å². The molecule has 1 saturated carbocycles. The Kier molecular flexibility index (Phi) is 5.56. The second-order valence-corrected chi connectivity index (χ2v) is 9.16. The van der Waals surface area contributed by atoms with Crippen LogP contribution in [0.1, 0.15) is 30.7 Å². The number of hydrogen-bond acceptors (Lipinski definition) is 6. The molecule has 4 aliphatic rings. The number of anilines is 1. The molecule has 7 nitrogen and oxygen atoms in total. The van der Waals surface area contributed by atoms with E-state index in [9.17, 15) is 18.0 Å². The summed E-state index contributed by atoms with van der Waals surface area (Å²) >= 11 is 0. The van der Waals surface area contributed by atoms with Crippen molar-refractivity contribution in [3.8, 4) is 0 Å². The summed E-state index contributed by atoms with van der Waals surface area (Å²) in [5.74, 6) is 0.291. The zero-order valence-corrected chi connectivity index (χ0v) is 17.4. The molecule has 170 valence electrons. The van der Waals surface area contributed by atoms with Gasteiger partial charge in [0.2, 0.25) is 5.91 Å². The van der Waals surface area contributed by atoms with Gasteiger partial charge >= 0.3 is 6.18 Å². The highest BCUT2D eigenvalue weighted by Gasteiger charge is 2.54. The normalized spacial score (nSPS) is 33.9. The molecule has 31 heavy (non-hydrogen) atoms. The van der Waals surface area contributed by atoms with Crippen LogP contribution in [0.5, 0.6) is 0 Å². The van der Waals surface area contributed by atoms with Crippen molar-refractivity contribution in [2.45, 2.75) is 43.4 Å². The van der Waals surface area contributed by atoms with E-state index in [2.05, 4.69) is 32.1 Å². The van der Waals surface area contributed by atoms with Gasteiger partial charge in [-0.15, -0.1) is 0 Å². The molecule has 10 heteroatoms. The molecule has 5 rings (SSSR count). The van der Waals surface area contributed by atoms with E-state index in [1.165, 1.54) is 0 Å². The van der Waals surface area contributed by atoms with E-state index in [0.717, 1.165) is 55.3 Å². The molecule has 1 aliphatic carbocycles. The predicted octanol–water partition coefficient (Wildman–Crippen LogP) is 1.24. The lowest BCUT2D eigenvalue weighted by Crippen LogP contribution is -2.63. The molecule has 1 aromatic rings. The van der Waals surface area contributed by atoms with Gasteiger partial charge in [0.05, 0.1) is 5.92 Å². The predicted molar refractivity (Wildman–Crippen MR) is 109 cm³/mol. The number of likely N-dealkylation sites (tertiary alicyclic amines) is 1. The molecule has 0 bridgehead atoms. The Morgan fingerprint density at radius 3 is 2.77 bits per heavy atom. The van der Waals surface area contributed by atoms with E-state index in [-0.39, 0.29) is 23.8 Å². The van der Waals surface area contributed by atoms with Gasteiger partial charge in [0.15, 0.2) is 0 Å². The number of fused-ring (bicyclic) bond motifs is 3. The number of piperazine rings is 1. The SMILES string of the molecule is O=C1C2CNNC2C2CCC(c3ccnc(N4CCNCC4)c3)CC2N1CC(F)(F)F. The minimum atomic E-state index is -4.40.